The Kier molecular flexibility index (Phi) is 6.04. The van der Waals surface area contributed by atoms with Gasteiger partial charge in [0.05, 0.1) is 12.2 Å². The van der Waals surface area contributed by atoms with E-state index in [4.69, 9.17) is 4.74 Å². The molecule has 134 valence electrons. The van der Waals surface area contributed by atoms with Crippen molar-refractivity contribution in [3.05, 3.63) is 29.8 Å². The highest BCUT2D eigenvalue weighted by atomic mass is 19.3. The van der Waals surface area contributed by atoms with E-state index in [0.29, 0.717) is 19.7 Å². The van der Waals surface area contributed by atoms with Crippen LogP contribution in [0, 0.1) is 5.92 Å². The molecular formula is C16H19F4NO3. The zero-order chi connectivity index (χ0) is 17.7. The SMILES string of the molecule is COCC1CCCN(C(=O)c2ccccc2OC(F)(F)C(F)F)C1. The lowest BCUT2D eigenvalue weighted by Crippen LogP contribution is -2.41. The van der Waals surface area contributed by atoms with Crippen molar-refractivity contribution in [3.63, 3.8) is 0 Å². The van der Waals surface area contributed by atoms with Crippen LogP contribution in [-0.2, 0) is 4.74 Å². The van der Waals surface area contributed by atoms with Crippen LogP contribution in [0.15, 0.2) is 24.3 Å². The van der Waals surface area contributed by atoms with Crippen molar-refractivity contribution < 1.29 is 31.8 Å². The van der Waals surface area contributed by atoms with Crippen LogP contribution < -0.4 is 4.74 Å². The van der Waals surface area contributed by atoms with Gasteiger partial charge in [0.15, 0.2) is 0 Å². The summed E-state index contributed by atoms with van der Waals surface area (Å²) >= 11 is 0. The van der Waals surface area contributed by atoms with Crippen molar-refractivity contribution in [2.24, 2.45) is 5.92 Å². The van der Waals surface area contributed by atoms with Gasteiger partial charge in [0.2, 0.25) is 0 Å². The molecule has 1 aliphatic heterocycles. The zero-order valence-corrected chi connectivity index (χ0v) is 13.2. The maximum Gasteiger partial charge on any atom is 0.461 e. The second-order valence-electron chi connectivity index (χ2n) is 5.68. The average molecular weight is 349 g/mol. The Morgan fingerprint density at radius 2 is 2.08 bits per heavy atom. The predicted molar refractivity (Wildman–Crippen MR) is 78.5 cm³/mol. The summed E-state index contributed by atoms with van der Waals surface area (Å²) in [4.78, 5) is 14.1. The number of carbonyl (C=O) groups excluding carboxylic acids is 1. The Balaban J connectivity index is 2.18. The van der Waals surface area contributed by atoms with Gasteiger partial charge in [0.25, 0.3) is 5.91 Å². The average Bonchev–Trinajstić information content (AvgIpc) is 2.55. The predicted octanol–water partition coefficient (Wildman–Crippen LogP) is 3.42. The Labute approximate surface area is 137 Å². The second-order valence-corrected chi connectivity index (χ2v) is 5.68. The summed E-state index contributed by atoms with van der Waals surface area (Å²) < 4.78 is 60.2. The van der Waals surface area contributed by atoms with Crippen molar-refractivity contribution in [3.8, 4) is 5.75 Å². The summed E-state index contributed by atoms with van der Waals surface area (Å²) in [5.74, 6) is -0.915. The van der Waals surface area contributed by atoms with Crippen LogP contribution in [0.5, 0.6) is 5.75 Å². The molecule has 1 atom stereocenters. The van der Waals surface area contributed by atoms with E-state index in [2.05, 4.69) is 4.74 Å². The molecule has 1 fully saturated rings. The highest BCUT2D eigenvalue weighted by molar-refractivity contribution is 5.97. The smallest absolute Gasteiger partial charge is 0.427 e. The first-order valence-electron chi connectivity index (χ1n) is 7.57. The molecule has 1 aromatic rings. The quantitative estimate of drug-likeness (QED) is 0.739. The fourth-order valence-electron chi connectivity index (χ4n) is 2.72. The second kappa shape index (κ2) is 7.83. The molecule has 8 heteroatoms. The lowest BCUT2D eigenvalue weighted by Gasteiger charge is -2.33. The van der Waals surface area contributed by atoms with E-state index in [-0.39, 0.29) is 11.5 Å². The number of likely N-dealkylation sites (tertiary alicyclic amines) is 1. The van der Waals surface area contributed by atoms with Gasteiger partial charge in [-0.25, -0.2) is 0 Å². The largest absolute Gasteiger partial charge is 0.461 e. The van der Waals surface area contributed by atoms with Crippen LogP contribution in [-0.4, -0.2) is 50.1 Å². The van der Waals surface area contributed by atoms with E-state index in [1.807, 2.05) is 0 Å². The number of amides is 1. The molecule has 1 aromatic carbocycles. The van der Waals surface area contributed by atoms with E-state index >= 15 is 0 Å². The first kappa shape index (κ1) is 18.5. The first-order chi connectivity index (χ1) is 11.3. The number of methoxy groups -OCH3 is 1. The highest BCUT2D eigenvalue weighted by Gasteiger charge is 2.44. The molecule has 1 unspecified atom stereocenters. The molecule has 0 aliphatic carbocycles. The fraction of sp³-hybridized carbons (Fsp3) is 0.562. The highest BCUT2D eigenvalue weighted by Crippen LogP contribution is 2.31. The monoisotopic (exact) mass is 349 g/mol. The van der Waals surface area contributed by atoms with Crippen molar-refractivity contribution in [1.82, 2.24) is 4.90 Å². The molecule has 0 saturated carbocycles. The normalized spacial score (nSPS) is 18.8. The number of ether oxygens (including phenoxy) is 2. The van der Waals surface area contributed by atoms with E-state index in [1.165, 1.54) is 23.1 Å². The lowest BCUT2D eigenvalue weighted by atomic mass is 9.98. The minimum absolute atomic E-state index is 0.156. The number of alkyl halides is 4. The molecule has 0 aromatic heterocycles. The van der Waals surface area contributed by atoms with E-state index in [0.717, 1.165) is 18.9 Å². The van der Waals surface area contributed by atoms with Crippen LogP contribution in [0.3, 0.4) is 0 Å². The topological polar surface area (TPSA) is 38.8 Å². The van der Waals surface area contributed by atoms with E-state index in [9.17, 15) is 22.4 Å². The number of halogens is 4. The zero-order valence-electron chi connectivity index (χ0n) is 13.2. The third kappa shape index (κ3) is 4.37. The van der Waals surface area contributed by atoms with Crippen molar-refractivity contribution in [2.45, 2.75) is 25.4 Å². The number of carbonyl (C=O) groups is 1. The van der Waals surface area contributed by atoms with Crippen LogP contribution >= 0.6 is 0 Å². The Bertz CT molecular complexity index is 566. The molecule has 1 saturated heterocycles. The summed E-state index contributed by atoms with van der Waals surface area (Å²) in [5.41, 5.74) is -0.157. The van der Waals surface area contributed by atoms with E-state index in [1.54, 1.807) is 7.11 Å². The standard InChI is InChI=1S/C16H19F4NO3/c1-23-10-11-5-4-8-21(9-11)14(22)12-6-2-3-7-13(12)24-16(19,20)15(17)18/h2-3,6-7,11,15H,4-5,8-10H2,1H3. The Morgan fingerprint density at radius 1 is 1.38 bits per heavy atom. The van der Waals surface area contributed by atoms with Gasteiger partial charge in [-0.2, -0.15) is 17.6 Å². The third-order valence-corrected chi connectivity index (χ3v) is 3.83. The lowest BCUT2D eigenvalue weighted by molar-refractivity contribution is -0.253. The molecule has 1 amide bonds. The van der Waals surface area contributed by atoms with Gasteiger partial charge in [-0.1, -0.05) is 12.1 Å². The minimum atomic E-state index is -4.66. The van der Waals surface area contributed by atoms with Crippen LogP contribution in [0.4, 0.5) is 17.6 Å². The van der Waals surface area contributed by atoms with E-state index < -0.39 is 24.2 Å². The summed E-state index contributed by atoms with van der Waals surface area (Å²) in [5, 5.41) is 0. The fourth-order valence-corrected chi connectivity index (χ4v) is 2.72. The number of piperidine rings is 1. The molecule has 0 bridgehead atoms. The molecule has 2 rings (SSSR count). The van der Waals surface area contributed by atoms with Crippen molar-refractivity contribution in [1.29, 1.82) is 0 Å². The molecule has 0 radical (unpaired) electrons. The number of hydrogen-bond donors (Lipinski definition) is 0. The molecule has 4 nitrogen and oxygen atoms in total. The first-order valence-corrected chi connectivity index (χ1v) is 7.57. The summed E-state index contributed by atoms with van der Waals surface area (Å²) in [6.07, 6.45) is -6.98. The number of hydrogen-bond acceptors (Lipinski definition) is 3. The maximum atomic E-state index is 13.2. The number of rotatable bonds is 6. The van der Waals surface area contributed by atoms with Gasteiger partial charge >= 0.3 is 12.5 Å². The molecule has 0 N–H and O–H groups in total. The molecule has 1 heterocycles. The van der Waals surface area contributed by atoms with Gasteiger partial charge in [-0.3, -0.25) is 4.79 Å². The van der Waals surface area contributed by atoms with Gasteiger partial charge in [-0.15, -0.1) is 0 Å². The summed E-state index contributed by atoms with van der Waals surface area (Å²) in [7, 11) is 1.57. The number of para-hydroxylation sites is 1. The molecule has 1 aliphatic rings. The Morgan fingerprint density at radius 3 is 2.75 bits per heavy atom. The van der Waals surface area contributed by atoms with Gasteiger partial charge < -0.3 is 14.4 Å². The van der Waals surface area contributed by atoms with Gasteiger partial charge in [-0.05, 0) is 30.9 Å². The Hall–Kier alpha value is -1.83. The summed E-state index contributed by atoms with van der Waals surface area (Å²) in [6, 6.07) is 5.19. The summed E-state index contributed by atoms with van der Waals surface area (Å²) in [6.45, 7) is 1.39. The van der Waals surface area contributed by atoms with Gasteiger partial charge in [0.1, 0.15) is 5.75 Å². The van der Waals surface area contributed by atoms with Crippen molar-refractivity contribution in [2.75, 3.05) is 26.8 Å². The van der Waals surface area contributed by atoms with Crippen LogP contribution in [0.2, 0.25) is 0 Å². The molecule has 24 heavy (non-hydrogen) atoms. The number of nitrogens with zero attached hydrogens (tertiary/aromatic N) is 1. The van der Waals surface area contributed by atoms with Gasteiger partial charge in [0, 0.05) is 20.2 Å². The maximum absolute atomic E-state index is 13.2. The molecular weight excluding hydrogens is 330 g/mol. The molecule has 0 spiro atoms. The van der Waals surface area contributed by atoms with Crippen LogP contribution in [0.1, 0.15) is 23.2 Å². The van der Waals surface area contributed by atoms with Crippen LogP contribution in [0.25, 0.3) is 0 Å². The van der Waals surface area contributed by atoms with Crippen molar-refractivity contribution >= 4 is 5.91 Å². The minimum Gasteiger partial charge on any atom is -0.427 e. The number of benzene rings is 1. The third-order valence-electron chi connectivity index (χ3n) is 3.83.